The molecule has 0 fully saturated rings. The van der Waals surface area contributed by atoms with E-state index in [1.807, 2.05) is 0 Å². The van der Waals surface area contributed by atoms with Gasteiger partial charge in [0.2, 0.25) is 0 Å². The van der Waals surface area contributed by atoms with Gasteiger partial charge < -0.3 is 5.32 Å². The standard InChI is InChI=1S/C18H17N5O6/c1-3-20-15-9-13(14(23(28)29)10-16(15)21(4-2)18(20)25)19-17(24)11-6-5-7-12(8-11)22(26)27/h5-10H,3-4H2,1-2H3,(H,19,24). The van der Waals surface area contributed by atoms with E-state index >= 15 is 0 Å². The Hall–Kier alpha value is -4.02. The lowest BCUT2D eigenvalue weighted by molar-refractivity contribution is -0.384. The molecule has 0 saturated carbocycles. The predicted molar refractivity (Wildman–Crippen MR) is 105 cm³/mol. The molecule has 0 bridgehead atoms. The fourth-order valence-corrected chi connectivity index (χ4v) is 3.17. The van der Waals surface area contributed by atoms with Gasteiger partial charge in [-0.3, -0.25) is 34.2 Å². The van der Waals surface area contributed by atoms with E-state index < -0.39 is 15.8 Å². The monoisotopic (exact) mass is 399 g/mol. The summed E-state index contributed by atoms with van der Waals surface area (Å²) in [5, 5.41) is 24.9. The van der Waals surface area contributed by atoms with Crippen LogP contribution in [0.25, 0.3) is 11.0 Å². The van der Waals surface area contributed by atoms with Crippen molar-refractivity contribution in [2.75, 3.05) is 5.32 Å². The van der Waals surface area contributed by atoms with Crippen LogP contribution in [0.4, 0.5) is 17.1 Å². The summed E-state index contributed by atoms with van der Waals surface area (Å²) < 4.78 is 2.86. The van der Waals surface area contributed by atoms with Crippen LogP contribution >= 0.6 is 0 Å². The summed E-state index contributed by atoms with van der Waals surface area (Å²) in [6.45, 7) is 4.20. The molecule has 0 atom stereocenters. The van der Waals surface area contributed by atoms with Gasteiger partial charge in [-0.1, -0.05) is 6.07 Å². The summed E-state index contributed by atoms with van der Waals surface area (Å²) in [5.74, 6) is -0.739. The van der Waals surface area contributed by atoms with Gasteiger partial charge in [0.05, 0.1) is 20.9 Å². The van der Waals surface area contributed by atoms with Gasteiger partial charge in [-0.05, 0) is 26.0 Å². The maximum atomic E-state index is 12.6. The molecule has 150 valence electrons. The van der Waals surface area contributed by atoms with Crippen LogP contribution in [0.5, 0.6) is 0 Å². The molecule has 11 heteroatoms. The van der Waals surface area contributed by atoms with Crippen molar-refractivity contribution in [3.8, 4) is 0 Å². The van der Waals surface area contributed by atoms with Crippen molar-refractivity contribution in [3.05, 3.63) is 72.7 Å². The molecule has 1 heterocycles. The highest BCUT2D eigenvalue weighted by atomic mass is 16.6. The Morgan fingerprint density at radius 3 is 2.17 bits per heavy atom. The van der Waals surface area contributed by atoms with Gasteiger partial charge in [-0.15, -0.1) is 0 Å². The average molecular weight is 399 g/mol. The number of aromatic nitrogens is 2. The quantitative estimate of drug-likeness (QED) is 0.499. The van der Waals surface area contributed by atoms with Crippen LogP contribution in [0.1, 0.15) is 24.2 Å². The number of nitro benzene ring substituents is 2. The number of hydrogen-bond donors (Lipinski definition) is 1. The summed E-state index contributed by atoms with van der Waals surface area (Å²) in [6.07, 6.45) is 0. The molecule has 3 aromatic rings. The van der Waals surface area contributed by atoms with Crippen molar-refractivity contribution in [2.24, 2.45) is 0 Å². The Morgan fingerprint density at radius 2 is 1.62 bits per heavy atom. The fourth-order valence-electron chi connectivity index (χ4n) is 3.17. The molecule has 0 unspecified atom stereocenters. The first kappa shape index (κ1) is 19.7. The smallest absolute Gasteiger partial charge is 0.316 e. The Kier molecular flexibility index (Phi) is 5.13. The van der Waals surface area contributed by atoms with Crippen molar-refractivity contribution in [1.82, 2.24) is 9.13 Å². The van der Waals surface area contributed by atoms with E-state index in [0.29, 0.717) is 24.1 Å². The second-order valence-electron chi connectivity index (χ2n) is 6.15. The molecule has 0 aliphatic carbocycles. The lowest BCUT2D eigenvalue weighted by Crippen LogP contribution is -2.23. The van der Waals surface area contributed by atoms with Crippen LogP contribution in [0.15, 0.2) is 41.2 Å². The molecule has 0 saturated heterocycles. The van der Waals surface area contributed by atoms with Gasteiger partial charge in [0.15, 0.2) is 0 Å². The molecule has 11 nitrogen and oxygen atoms in total. The van der Waals surface area contributed by atoms with Crippen molar-refractivity contribution in [2.45, 2.75) is 26.9 Å². The van der Waals surface area contributed by atoms with Crippen LogP contribution < -0.4 is 11.0 Å². The maximum absolute atomic E-state index is 12.6. The topological polar surface area (TPSA) is 142 Å². The van der Waals surface area contributed by atoms with Crippen LogP contribution in [-0.2, 0) is 13.1 Å². The number of aryl methyl sites for hydroxylation is 2. The molecule has 1 N–H and O–H groups in total. The van der Waals surface area contributed by atoms with E-state index in [1.165, 1.54) is 39.5 Å². The molecule has 29 heavy (non-hydrogen) atoms. The second-order valence-corrected chi connectivity index (χ2v) is 6.15. The van der Waals surface area contributed by atoms with Gasteiger partial charge >= 0.3 is 5.69 Å². The molecule has 1 aromatic heterocycles. The van der Waals surface area contributed by atoms with Crippen molar-refractivity contribution < 1.29 is 14.6 Å². The van der Waals surface area contributed by atoms with Crippen LogP contribution in [0.3, 0.4) is 0 Å². The Balaban J connectivity index is 2.13. The number of non-ortho nitro benzene ring substituents is 1. The number of nitrogens with one attached hydrogen (secondary N) is 1. The zero-order valence-electron chi connectivity index (χ0n) is 15.6. The fraction of sp³-hybridized carbons (Fsp3) is 0.222. The highest BCUT2D eigenvalue weighted by Crippen LogP contribution is 2.30. The number of anilines is 1. The minimum atomic E-state index is -0.739. The average Bonchev–Trinajstić information content (AvgIpc) is 2.96. The first-order valence-corrected chi connectivity index (χ1v) is 8.75. The van der Waals surface area contributed by atoms with E-state index in [4.69, 9.17) is 0 Å². The predicted octanol–water partition coefficient (Wildman–Crippen LogP) is 2.91. The molecule has 0 radical (unpaired) electrons. The van der Waals surface area contributed by atoms with Crippen LogP contribution in [-0.4, -0.2) is 24.9 Å². The van der Waals surface area contributed by atoms with Crippen molar-refractivity contribution in [1.29, 1.82) is 0 Å². The molecular formula is C18H17N5O6. The lowest BCUT2D eigenvalue weighted by Gasteiger charge is -2.08. The highest BCUT2D eigenvalue weighted by molar-refractivity contribution is 6.06. The number of nitrogens with zero attached hydrogens (tertiary/aromatic N) is 4. The van der Waals surface area contributed by atoms with Gasteiger partial charge in [0.25, 0.3) is 17.3 Å². The first-order chi connectivity index (χ1) is 13.8. The largest absolute Gasteiger partial charge is 0.329 e. The highest BCUT2D eigenvalue weighted by Gasteiger charge is 2.23. The number of hydrogen-bond acceptors (Lipinski definition) is 6. The molecular weight excluding hydrogens is 382 g/mol. The zero-order chi connectivity index (χ0) is 21.3. The molecule has 0 aliphatic rings. The Labute approximate surface area is 163 Å². The third-order valence-electron chi connectivity index (χ3n) is 4.53. The van der Waals surface area contributed by atoms with Crippen molar-refractivity contribution >= 4 is 34.0 Å². The molecule has 2 aromatic carbocycles. The Morgan fingerprint density at radius 1 is 1.00 bits per heavy atom. The molecule has 0 spiro atoms. The van der Waals surface area contributed by atoms with E-state index in [2.05, 4.69) is 5.32 Å². The number of carbonyl (C=O) groups excluding carboxylic acids is 1. The minimum absolute atomic E-state index is 0.0207. The number of nitro groups is 2. The van der Waals surface area contributed by atoms with Gasteiger partial charge in [0.1, 0.15) is 5.69 Å². The van der Waals surface area contributed by atoms with Gasteiger partial charge in [-0.25, -0.2) is 4.79 Å². The third kappa shape index (κ3) is 3.45. The summed E-state index contributed by atoms with van der Waals surface area (Å²) in [5.41, 5.74) is -0.253. The SMILES string of the molecule is CCn1c(=O)n(CC)c2cc([N+](=O)[O-])c(NC(=O)c3cccc([N+](=O)[O-])c3)cc21. The molecule has 3 rings (SSSR count). The van der Waals surface area contributed by atoms with E-state index in [1.54, 1.807) is 13.8 Å². The van der Waals surface area contributed by atoms with Crippen LogP contribution in [0.2, 0.25) is 0 Å². The number of amides is 1. The Bertz CT molecular complexity index is 1210. The number of fused-ring (bicyclic) bond motifs is 1. The third-order valence-corrected chi connectivity index (χ3v) is 4.53. The molecule has 0 aliphatic heterocycles. The first-order valence-electron chi connectivity index (χ1n) is 8.75. The lowest BCUT2D eigenvalue weighted by atomic mass is 10.1. The van der Waals surface area contributed by atoms with E-state index in [-0.39, 0.29) is 28.3 Å². The van der Waals surface area contributed by atoms with E-state index in [9.17, 15) is 29.8 Å². The van der Waals surface area contributed by atoms with Gasteiger partial charge in [0, 0.05) is 36.9 Å². The zero-order valence-corrected chi connectivity index (χ0v) is 15.6. The number of carbonyl (C=O) groups is 1. The van der Waals surface area contributed by atoms with E-state index in [0.717, 1.165) is 6.07 Å². The number of imidazole rings is 1. The summed E-state index contributed by atoms with van der Waals surface area (Å²) >= 11 is 0. The second kappa shape index (κ2) is 7.54. The normalized spacial score (nSPS) is 10.8. The van der Waals surface area contributed by atoms with Crippen LogP contribution in [0, 0.1) is 20.2 Å². The number of rotatable bonds is 6. The maximum Gasteiger partial charge on any atom is 0.329 e. The summed E-state index contributed by atoms with van der Waals surface area (Å²) in [7, 11) is 0. The summed E-state index contributed by atoms with van der Waals surface area (Å²) in [4.78, 5) is 46.2. The van der Waals surface area contributed by atoms with Gasteiger partial charge in [-0.2, -0.15) is 0 Å². The molecule has 1 amide bonds. The summed E-state index contributed by atoms with van der Waals surface area (Å²) in [6, 6.07) is 7.64. The van der Waals surface area contributed by atoms with Crippen molar-refractivity contribution in [3.63, 3.8) is 0 Å². The minimum Gasteiger partial charge on any atom is -0.316 e. The number of benzene rings is 2.